The Morgan fingerprint density at radius 3 is 2.35 bits per heavy atom. The van der Waals surface area contributed by atoms with Crippen LogP contribution in [0.2, 0.25) is 0 Å². The fourth-order valence-corrected chi connectivity index (χ4v) is 4.96. The molecular weight excluding hydrogens is 410 g/mol. The highest BCUT2D eigenvalue weighted by molar-refractivity contribution is 7.99. The SMILES string of the molecule is O=C(CCC(=O)N1CCSc2ccccc21)N1CCN(CCOc2ccccc2)CC1. The molecule has 31 heavy (non-hydrogen) atoms. The monoisotopic (exact) mass is 439 g/mol. The molecule has 0 aliphatic carbocycles. The van der Waals surface area contributed by atoms with E-state index in [0.29, 0.717) is 26.2 Å². The molecule has 7 heteroatoms. The molecule has 1 fully saturated rings. The van der Waals surface area contributed by atoms with Crippen LogP contribution in [0.4, 0.5) is 5.69 Å². The molecule has 0 saturated carbocycles. The van der Waals surface area contributed by atoms with Crippen LogP contribution in [-0.2, 0) is 9.59 Å². The summed E-state index contributed by atoms with van der Waals surface area (Å²) in [5.41, 5.74) is 0.975. The topological polar surface area (TPSA) is 53.1 Å². The number of rotatable bonds is 7. The van der Waals surface area contributed by atoms with Gasteiger partial charge in [-0.05, 0) is 24.3 Å². The van der Waals surface area contributed by atoms with E-state index in [-0.39, 0.29) is 24.7 Å². The van der Waals surface area contributed by atoms with Crippen molar-refractivity contribution in [2.45, 2.75) is 17.7 Å². The second-order valence-corrected chi connectivity index (χ2v) is 8.88. The number of benzene rings is 2. The molecule has 0 atom stereocenters. The van der Waals surface area contributed by atoms with Crippen molar-refractivity contribution >= 4 is 29.3 Å². The first kappa shape index (κ1) is 21.7. The number of ether oxygens (including phenoxy) is 1. The summed E-state index contributed by atoms with van der Waals surface area (Å²) < 4.78 is 5.76. The number of thioether (sulfide) groups is 1. The minimum Gasteiger partial charge on any atom is -0.492 e. The van der Waals surface area contributed by atoms with Crippen molar-refractivity contribution in [1.82, 2.24) is 9.80 Å². The Balaban J connectivity index is 1.17. The Hall–Kier alpha value is -2.51. The minimum atomic E-state index is 0.0396. The van der Waals surface area contributed by atoms with Crippen LogP contribution in [0.5, 0.6) is 5.75 Å². The third-order valence-electron chi connectivity index (χ3n) is 5.73. The second kappa shape index (κ2) is 10.7. The highest BCUT2D eigenvalue weighted by Crippen LogP contribution is 2.34. The van der Waals surface area contributed by atoms with E-state index >= 15 is 0 Å². The van der Waals surface area contributed by atoms with Crippen molar-refractivity contribution in [1.29, 1.82) is 0 Å². The number of fused-ring (bicyclic) bond motifs is 1. The van der Waals surface area contributed by atoms with E-state index in [1.807, 2.05) is 58.3 Å². The first-order valence-corrected chi connectivity index (χ1v) is 11.9. The summed E-state index contributed by atoms with van der Waals surface area (Å²) in [6.45, 7) is 5.30. The number of para-hydroxylation sites is 2. The highest BCUT2D eigenvalue weighted by Gasteiger charge is 2.25. The Morgan fingerprint density at radius 2 is 1.55 bits per heavy atom. The van der Waals surface area contributed by atoms with Crippen LogP contribution in [0.25, 0.3) is 0 Å². The predicted octanol–water partition coefficient (Wildman–Crippen LogP) is 3.13. The average molecular weight is 440 g/mol. The number of nitrogens with zero attached hydrogens (tertiary/aromatic N) is 3. The minimum absolute atomic E-state index is 0.0396. The molecule has 0 radical (unpaired) electrons. The van der Waals surface area contributed by atoms with Gasteiger partial charge >= 0.3 is 0 Å². The Morgan fingerprint density at radius 1 is 0.839 bits per heavy atom. The normalized spacial score (nSPS) is 16.6. The third kappa shape index (κ3) is 5.80. The number of carbonyl (C=O) groups excluding carboxylic acids is 2. The van der Waals surface area contributed by atoms with Crippen LogP contribution in [0.15, 0.2) is 59.5 Å². The Kier molecular flexibility index (Phi) is 7.48. The zero-order chi connectivity index (χ0) is 21.5. The smallest absolute Gasteiger partial charge is 0.227 e. The van der Waals surface area contributed by atoms with E-state index in [0.717, 1.165) is 41.7 Å². The molecule has 0 spiro atoms. The average Bonchev–Trinajstić information content (AvgIpc) is 2.83. The molecule has 0 aromatic heterocycles. The van der Waals surface area contributed by atoms with Crippen LogP contribution in [0, 0.1) is 0 Å². The fraction of sp³-hybridized carbons (Fsp3) is 0.417. The molecule has 2 aliphatic heterocycles. The molecule has 164 valence electrons. The molecule has 2 aliphatic rings. The highest BCUT2D eigenvalue weighted by atomic mass is 32.2. The van der Waals surface area contributed by atoms with Gasteiger partial charge in [0.05, 0.1) is 5.69 Å². The van der Waals surface area contributed by atoms with E-state index in [1.54, 1.807) is 11.8 Å². The molecule has 0 unspecified atom stereocenters. The lowest BCUT2D eigenvalue weighted by atomic mass is 10.2. The summed E-state index contributed by atoms with van der Waals surface area (Å²) in [7, 11) is 0. The predicted molar refractivity (Wildman–Crippen MR) is 124 cm³/mol. The first-order chi connectivity index (χ1) is 15.2. The summed E-state index contributed by atoms with van der Waals surface area (Å²) in [6, 6.07) is 17.8. The molecule has 1 saturated heterocycles. The number of carbonyl (C=O) groups is 2. The van der Waals surface area contributed by atoms with Gasteiger partial charge < -0.3 is 14.5 Å². The first-order valence-electron chi connectivity index (χ1n) is 10.9. The van der Waals surface area contributed by atoms with E-state index in [9.17, 15) is 9.59 Å². The van der Waals surface area contributed by atoms with Crippen LogP contribution >= 0.6 is 11.8 Å². The van der Waals surface area contributed by atoms with E-state index < -0.39 is 0 Å². The standard InChI is InChI=1S/C24H29N3O3S/c28-23(10-11-24(29)27-17-19-31-22-9-5-4-8-21(22)27)26-14-12-25(13-15-26)16-18-30-20-6-2-1-3-7-20/h1-9H,10-19H2. The van der Waals surface area contributed by atoms with E-state index in [1.165, 1.54) is 0 Å². The maximum atomic E-state index is 12.8. The molecule has 6 nitrogen and oxygen atoms in total. The molecule has 2 aromatic carbocycles. The second-order valence-electron chi connectivity index (χ2n) is 7.75. The molecule has 0 bridgehead atoms. The zero-order valence-corrected chi connectivity index (χ0v) is 18.6. The van der Waals surface area contributed by atoms with Crippen molar-refractivity contribution in [3.05, 3.63) is 54.6 Å². The molecular formula is C24H29N3O3S. The molecule has 2 heterocycles. The lowest BCUT2D eigenvalue weighted by Gasteiger charge is -2.35. The number of hydrogen-bond acceptors (Lipinski definition) is 5. The summed E-state index contributed by atoms with van der Waals surface area (Å²) >= 11 is 1.78. The van der Waals surface area contributed by atoms with Crippen LogP contribution in [0.3, 0.4) is 0 Å². The van der Waals surface area contributed by atoms with Gasteiger partial charge in [0.2, 0.25) is 11.8 Å². The summed E-state index contributed by atoms with van der Waals surface area (Å²) in [5, 5.41) is 0. The Labute approximate surface area is 188 Å². The lowest BCUT2D eigenvalue weighted by molar-refractivity contribution is -0.134. The number of hydrogen-bond donors (Lipinski definition) is 0. The van der Waals surface area contributed by atoms with Gasteiger partial charge in [-0.3, -0.25) is 14.5 Å². The van der Waals surface area contributed by atoms with Gasteiger partial charge in [-0.15, -0.1) is 11.8 Å². The zero-order valence-electron chi connectivity index (χ0n) is 17.7. The third-order valence-corrected chi connectivity index (χ3v) is 6.77. The molecule has 2 amide bonds. The van der Waals surface area contributed by atoms with Gasteiger partial charge in [0.25, 0.3) is 0 Å². The van der Waals surface area contributed by atoms with Gasteiger partial charge in [0, 0.05) is 62.8 Å². The van der Waals surface area contributed by atoms with Crippen molar-refractivity contribution in [2.24, 2.45) is 0 Å². The number of piperazine rings is 1. The van der Waals surface area contributed by atoms with E-state index in [4.69, 9.17) is 4.74 Å². The van der Waals surface area contributed by atoms with Gasteiger partial charge in [-0.25, -0.2) is 0 Å². The maximum absolute atomic E-state index is 12.8. The van der Waals surface area contributed by atoms with Crippen LogP contribution < -0.4 is 9.64 Å². The van der Waals surface area contributed by atoms with Gasteiger partial charge in [0.1, 0.15) is 12.4 Å². The van der Waals surface area contributed by atoms with Gasteiger partial charge in [0.15, 0.2) is 0 Å². The van der Waals surface area contributed by atoms with Crippen LogP contribution in [0.1, 0.15) is 12.8 Å². The quantitative estimate of drug-likeness (QED) is 0.664. The van der Waals surface area contributed by atoms with Crippen molar-refractivity contribution in [2.75, 3.05) is 56.5 Å². The number of anilines is 1. The fourth-order valence-electron chi connectivity index (χ4n) is 3.97. The largest absolute Gasteiger partial charge is 0.492 e. The maximum Gasteiger partial charge on any atom is 0.227 e. The molecule has 2 aromatic rings. The van der Waals surface area contributed by atoms with Crippen molar-refractivity contribution < 1.29 is 14.3 Å². The lowest BCUT2D eigenvalue weighted by Crippen LogP contribution is -2.49. The molecule has 0 N–H and O–H groups in total. The van der Waals surface area contributed by atoms with Crippen LogP contribution in [-0.4, -0.2) is 73.2 Å². The van der Waals surface area contributed by atoms with Crippen molar-refractivity contribution in [3.63, 3.8) is 0 Å². The van der Waals surface area contributed by atoms with Gasteiger partial charge in [-0.1, -0.05) is 30.3 Å². The Bertz CT molecular complexity index is 885. The molecule has 4 rings (SSSR count). The van der Waals surface area contributed by atoms with Crippen molar-refractivity contribution in [3.8, 4) is 5.75 Å². The van der Waals surface area contributed by atoms with E-state index in [2.05, 4.69) is 11.0 Å². The summed E-state index contributed by atoms with van der Waals surface area (Å²) in [4.78, 5) is 32.6. The summed E-state index contributed by atoms with van der Waals surface area (Å²) in [5.74, 6) is 1.90. The number of amides is 2. The summed E-state index contributed by atoms with van der Waals surface area (Å²) in [6.07, 6.45) is 0.546. The van der Waals surface area contributed by atoms with Gasteiger partial charge in [-0.2, -0.15) is 0 Å².